The number of para-hydroxylation sites is 1. The molecule has 1 aromatic heterocycles. The topological polar surface area (TPSA) is 3.24 Å². The molecule has 58 heavy (non-hydrogen) atoms. The van der Waals surface area contributed by atoms with Crippen molar-refractivity contribution in [2.24, 2.45) is 0 Å². The maximum Gasteiger partial charge on any atom is 0.0547 e. The lowest BCUT2D eigenvalue weighted by atomic mass is 9.91. The normalized spacial score (nSPS) is 11.4. The summed E-state index contributed by atoms with van der Waals surface area (Å²) < 4.78 is 2.57. The molecule has 11 rings (SSSR count). The van der Waals surface area contributed by atoms with Crippen molar-refractivity contribution in [1.29, 1.82) is 0 Å². The predicted molar refractivity (Wildman–Crippen MR) is 251 cm³/mol. The molecule has 1 heterocycles. The van der Waals surface area contributed by atoms with Crippen molar-refractivity contribution in [1.82, 2.24) is 0 Å². The fraction of sp³-hybridized carbons (Fsp3) is 0. The molecule has 0 saturated carbocycles. The molecule has 0 fully saturated rings. The van der Waals surface area contributed by atoms with E-state index < -0.39 is 0 Å². The highest BCUT2D eigenvalue weighted by molar-refractivity contribution is 7.26. The number of hydrogen-bond acceptors (Lipinski definition) is 2. The highest BCUT2D eigenvalue weighted by Gasteiger charge is 2.25. The minimum Gasteiger partial charge on any atom is -0.309 e. The van der Waals surface area contributed by atoms with Gasteiger partial charge in [0.15, 0.2) is 0 Å². The number of anilines is 3. The molecule has 0 spiro atoms. The summed E-state index contributed by atoms with van der Waals surface area (Å²) in [6.45, 7) is 0. The first-order valence-corrected chi connectivity index (χ1v) is 20.7. The second-order valence-electron chi connectivity index (χ2n) is 14.8. The lowest BCUT2D eigenvalue weighted by Crippen LogP contribution is -2.12. The van der Waals surface area contributed by atoms with Gasteiger partial charge in [-0.1, -0.05) is 182 Å². The van der Waals surface area contributed by atoms with Crippen LogP contribution in [0.5, 0.6) is 0 Å². The van der Waals surface area contributed by atoms with Crippen LogP contribution in [0.1, 0.15) is 0 Å². The van der Waals surface area contributed by atoms with Gasteiger partial charge in [0.1, 0.15) is 0 Å². The molecule has 10 aromatic carbocycles. The molecule has 0 radical (unpaired) electrons. The van der Waals surface area contributed by atoms with Gasteiger partial charge < -0.3 is 4.90 Å². The van der Waals surface area contributed by atoms with Crippen molar-refractivity contribution < 1.29 is 0 Å². The summed E-state index contributed by atoms with van der Waals surface area (Å²) in [7, 11) is 0. The Morgan fingerprint density at radius 1 is 0.310 bits per heavy atom. The van der Waals surface area contributed by atoms with Gasteiger partial charge in [-0.05, 0) is 97.4 Å². The van der Waals surface area contributed by atoms with Crippen LogP contribution in [0.2, 0.25) is 0 Å². The average Bonchev–Trinajstić information content (AvgIpc) is 3.69. The van der Waals surface area contributed by atoms with Crippen LogP contribution in [0.4, 0.5) is 17.1 Å². The van der Waals surface area contributed by atoms with Gasteiger partial charge >= 0.3 is 0 Å². The largest absolute Gasteiger partial charge is 0.309 e. The molecular formula is C56H37NS. The van der Waals surface area contributed by atoms with Crippen LogP contribution in [0.15, 0.2) is 224 Å². The first-order chi connectivity index (χ1) is 28.8. The zero-order valence-corrected chi connectivity index (χ0v) is 32.5. The first kappa shape index (κ1) is 34.0. The third kappa shape index (κ3) is 5.86. The maximum atomic E-state index is 2.50. The molecule has 11 aromatic rings. The fourth-order valence-corrected chi connectivity index (χ4v) is 9.87. The molecule has 0 amide bonds. The standard InChI is InChI=1S/C56H37NS/c1-3-15-38(16-4-1)40-27-29-42(30-28-40)55-52(35-36-54-56(55)49-24-12-14-26-53(49)58-54)57(44-33-31-41(32-34-44)39-17-5-2-6-18-39)51-25-13-11-23-48(51)50-37-43-19-7-8-20-45(43)46-21-9-10-22-47(46)50/h1-37H. The highest BCUT2D eigenvalue weighted by atomic mass is 32.1. The van der Waals surface area contributed by atoms with Gasteiger partial charge in [0.05, 0.1) is 11.4 Å². The van der Waals surface area contributed by atoms with Crippen molar-refractivity contribution >= 4 is 70.1 Å². The van der Waals surface area contributed by atoms with Crippen LogP contribution < -0.4 is 4.90 Å². The monoisotopic (exact) mass is 755 g/mol. The Labute approximate surface area is 342 Å². The van der Waals surface area contributed by atoms with E-state index in [9.17, 15) is 0 Å². The second-order valence-corrected chi connectivity index (χ2v) is 15.9. The van der Waals surface area contributed by atoms with Crippen molar-refractivity contribution in [2.75, 3.05) is 4.90 Å². The number of benzene rings is 10. The quantitative estimate of drug-likeness (QED) is 0.146. The number of nitrogens with zero attached hydrogens (tertiary/aromatic N) is 1. The van der Waals surface area contributed by atoms with E-state index in [0.29, 0.717) is 0 Å². The summed E-state index contributed by atoms with van der Waals surface area (Å²) in [6.07, 6.45) is 0. The summed E-state index contributed by atoms with van der Waals surface area (Å²) >= 11 is 1.87. The number of hydrogen-bond donors (Lipinski definition) is 0. The van der Waals surface area contributed by atoms with Gasteiger partial charge in [-0.25, -0.2) is 0 Å². The molecule has 2 heteroatoms. The van der Waals surface area contributed by atoms with Crippen molar-refractivity contribution in [2.45, 2.75) is 0 Å². The van der Waals surface area contributed by atoms with Crippen LogP contribution in [0.3, 0.4) is 0 Å². The van der Waals surface area contributed by atoms with Crippen LogP contribution >= 0.6 is 11.3 Å². The smallest absolute Gasteiger partial charge is 0.0547 e. The summed E-state index contributed by atoms with van der Waals surface area (Å²) in [5.41, 5.74) is 13.0. The van der Waals surface area contributed by atoms with Crippen molar-refractivity contribution in [3.05, 3.63) is 224 Å². The van der Waals surface area contributed by atoms with Crippen LogP contribution in [0.25, 0.3) is 86.2 Å². The van der Waals surface area contributed by atoms with E-state index in [1.165, 1.54) is 86.2 Å². The minimum absolute atomic E-state index is 1.10. The van der Waals surface area contributed by atoms with Crippen LogP contribution in [-0.4, -0.2) is 0 Å². The summed E-state index contributed by atoms with van der Waals surface area (Å²) in [4.78, 5) is 2.50. The Morgan fingerprint density at radius 2 is 0.845 bits per heavy atom. The molecule has 0 aliphatic carbocycles. The average molecular weight is 756 g/mol. The van der Waals surface area contributed by atoms with E-state index in [1.54, 1.807) is 0 Å². The Morgan fingerprint density at radius 3 is 1.57 bits per heavy atom. The van der Waals surface area contributed by atoms with Gasteiger partial charge in [-0.15, -0.1) is 11.3 Å². The molecule has 0 unspecified atom stereocenters. The molecule has 272 valence electrons. The van der Waals surface area contributed by atoms with Gasteiger partial charge in [-0.2, -0.15) is 0 Å². The van der Waals surface area contributed by atoms with Gasteiger partial charge in [-0.3, -0.25) is 0 Å². The third-order valence-electron chi connectivity index (χ3n) is 11.5. The molecule has 0 aliphatic rings. The highest BCUT2D eigenvalue weighted by Crippen LogP contribution is 2.51. The Kier molecular flexibility index (Phi) is 8.42. The lowest BCUT2D eigenvalue weighted by Gasteiger charge is -2.31. The van der Waals surface area contributed by atoms with Crippen LogP contribution in [0, 0.1) is 0 Å². The van der Waals surface area contributed by atoms with Crippen molar-refractivity contribution in [3.8, 4) is 44.5 Å². The Hall–Kier alpha value is -7.26. The molecule has 0 saturated heterocycles. The lowest BCUT2D eigenvalue weighted by molar-refractivity contribution is 1.29. The van der Waals surface area contributed by atoms with E-state index in [1.807, 2.05) is 11.3 Å². The van der Waals surface area contributed by atoms with E-state index in [4.69, 9.17) is 0 Å². The molecule has 1 nitrogen and oxygen atoms in total. The zero-order chi connectivity index (χ0) is 38.4. The SMILES string of the molecule is c1ccc(-c2ccc(-c3c(N(c4ccc(-c5ccccc5)cc4)c4ccccc4-c4cc5ccccc5c5ccccc45)ccc4sc5ccccc5c34)cc2)cc1. The van der Waals surface area contributed by atoms with Crippen molar-refractivity contribution in [3.63, 3.8) is 0 Å². The fourth-order valence-electron chi connectivity index (χ4n) is 8.76. The third-order valence-corrected chi connectivity index (χ3v) is 12.6. The molecule has 0 bridgehead atoms. The summed E-state index contributed by atoms with van der Waals surface area (Å²) in [5.74, 6) is 0. The van der Waals surface area contributed by atoms with E-state index in [2.05, 4.69) is 229 Å². The Balaban J connectivity index is 1.20. The van der Waals surface area contributed by atoms with Gasteiger partial charge in [0.2, 0.25) is 0 Å². The number of thiophene rings is 1. The molecular weight excluding hydrogens is 719 g/mol. The molecule has 0 aliphatic heterocycles. The van der Waals surface area contributed by atoms with Gasteiger partial charge in [0.25, 0.3) is 0 Å². The first-order valence-electron chi connectivity index (χ1n) is 19.8. The zero-order valence-electron chi connectivity index (χ0n) is 31.7. The number of rotatable bonds is 7. The molecule has 0 N–H and O–H groups in total. The van der Waals surface area contributed by atoms with E-state index in [-0.39, 0.29) is 0 Å². The second kappa shape index (κ2) is 14.4. The summed E-state index contributed by atoms with van der Waals surface area (Å²) in [6, 6.07) is 82.1. The van der Waals surface area contributed by atoms with Crippen LogP contribution in [-0.2, 0) is 0 Å². The summed E-state index contributed by atoms with van der Waals surface area (Å²) in [5, 5.41) is 7.56. The minimum atomic E-state index is 1.10. The number of fused-ring (bicyclic) bond motifs is 6. The molecule has 0 atom stereocenters. The van der Waals surface area contributed by atoms with E-state index >= 15 is 0 Å². The van der Waals surface area contributed by atoms with E-state index in [0.717, 1.165) is 17.1 Å². The van der Waals surface area contributed by atoms with Gasteiger partial charge in [0, 0.05) is 37.0 Å². The maximum absolute atomic E-state index is 2.50. The predicted octanol–water partition coefficient (Wildman–Crippen LogP) is 16.5. The Bertz CT molecular complexity index is 3250.